The fraction of sp³-hybridized carbons (Fsp3) is 0.714. The zero-order chi connectivity index (χ0) is 16.3. The van der Waals surface area contributed by atoms with Gasteiger partial charge in [-0.25, -0.2) is 13.4 Å². The van der Waals surface area contributed by atoms with E-state index in [1.165, 1.54) is 0 Å². The van der Waals surface area contributed by atoms with Crippen LogP contribution in [0.1, 0.15) is 23.5 Å². The molecule has 6 nitrogen and oxygen atoms in total. The van der Waals surface area contributed by atoms with Gasteiger partial charge in [0.15, 0.2) is 9.84 Å². The molecule has 1 unspecified atom stereocenters. The van der Waals surface area contributed by atoms with Crippen LogP contribution in [0.2, 0.25) is 0 Å². The average molecular weight is 345 g/mol. The Morgan fingerprint density at radius 1 is 1.45 bits per heavy atom. The second-order valence-corrected chi connectivity index (χ2v) is 9.09. The first-order valence-corrected chi connectivity index (χ1v) is 10.0. The summed E-state index contributed by atoms with van der Waals surface area (Å²) in [5.41, 5.74) is 0.975. The minimum absolute atomic E-state index is 0.0460. The fourth-order valence-corrected chi connectivity index (χ4v) is 5.16. The number of sulfone groups is 1. The largest absolute Gasteiger partial charge is 0.339 e. The van der Waals surface area contributed by atoms with Crippen LogP contribution in [0.25, 0.3) is 0 Å². The molecule has 0 spiro atoms. The lowest BCUT2D eigenvalue weighted by Gasteiger charge is -2.24. The summed E-state index contributed by atoms with van der Waals surface area (Å²) in [5.74, 6) is 0.533. The smallest absolute Gasteiger partial charge is 0.223 e. The van der Waals surface area contributed by atoms with E-state index >= 15 is 0 Å². The predicted molar refractivity (Wildman–Crippen MR) is 87.6 cm³/mol. The Kier molecular flexibility index (Phi) is 5.57. The molecule has 0 aliphatic carbocycles. The van der Waals surface area contributed by atoms with Gasteiger partial charge >= 0.3 is 0 Å². The first-order chi connectivity index (χ1) is 10.3. The van der Waals surface area contributed by atoms with E-state index in [2.05, 4.69) is 4.98 Å². The van der Waals surface area contributed by atoms with Crippen LogP contribution in [0.3, 0.4) is 0 Å². The summed E-state index contributed by atoms with van der Waals surface area (Å²) in [6, 6.07) is 0.0460. The van der Waals surface area contributed by atoms with E-state index in [0.717, 1.165) is 10.7 Å². The van der Waals surface area contributed by atoms with Crippen molar-refractivity contribution in [3.05, 3.63) is 16.1 Å². The standard InChI is InChI=1S/C14H23N3O3S2/c1-11-9-21-13(15-11)8-17(3)14(18)4-6-16(2)12-5-7-22(19,20)10-12/h9,12H,4-8,10H2,1-3H3. The molecule has 0 N–H and O–H groups in total. The quantitative estimate of drug-likeness (QED) is 0.767. The highest BCUT2D eigenvalue weighted by atomic mass is 32.2. The third-order valence-electron chi connectivity index (χ3n) is 3.97. The van der Waals surface area contributed by atoms with E-state index < -0.39 is 9.84 Å². The Hall–Kier alpha value is -0.990. The number of aromatic nitrogens is 1. The first-order valence-electron chi connectivity index (χ1n) is 7.32. The molecule has 1 saturated heterocycles. The molecule has 0 radical (unpaired) electrons. The molecular weight excluding hydrogens is 322 g/mol. The van der Waals surface area contributed by atoms with Gasteiger partial charge in [0.2, 0.25) is 5.91 Å². The van der Waals surface area contributed by atoms with Crippen LogP contribution in [-0.2, 0) is 21.2 Å². The molecule has 1 aromatic rings. The summed E-state index contributed by atoms with van der Waals surface area (Å²) in [5, 5.41) is 2.91. The second-order valence-electron chi connectivity index (χ2n) is 5.92. The Balaban J connectivity index is 1.77. The SMILES string of the molecule is Cc1csc(CN(C)C(=O)CCN(C)C2CCS(=O)(=O)C2)n1. The van der Waals surface area contributed by atoms with E-state index in [1.54, 1.807) is 23.3 Å². The predicted octanol–water partition coefficient (Wildman–Crippen LogP) is 0.919. The van der Waals surface area contributed by atoms with Crippen molar-refractivity contribution in [2.45, 2.75) is 32.4 Å². The van der Waals surface area contributed by atoms with Crippen molar-refractivity contribution >= 4 is 27.1 Å². The van der Waals surface area contributed by atoms with Crippen molar-refractivity contribution in [1.29, 1.82) is 0 Å². The van der Waals surface area contributed by atoms with Crippen LogP contribution in [0, 0.1) is 6.92 Å². The molecule has 1 aliphatic heterocycles. The number of hydrogen-bond acceptors (Lipinski definition) is 6. The number of carbonyl (C=O) groups is 1. The van der Waals surface area contributed by atoms with E-state index in [-0.39, 0.29) is 23.5 Å². The highest BCUT2D eigenvalue weighted by Gasteiger charge is 2.30. The molecule has 124 valence electrons. The Morgan fingerprint density at radius 2 is 2.18 bits per heavy atom. The van der Waals surface area contributed by atoms with Crippen LogP contribution in [-0.4, -0.2) is 67.3 Å². The molecule has 2 heterocycles. The van der Waals surface area contributed by atoms with E-state index in [1.807, 2.05) is 24.3 Å². The van der Waals surface area contributed by atoms with Gasteiger partial charge < -0.3 is 9.80 Å². The monoisotopic (exact) mass is 345 g/mol. The number of amides is 1. The van der Waals surface area contributed by atoms with Crippen LogP contribution in [0.4, 0.5) is 0 Å². The summed E-state index contributed by atoms with van der Waals surface area (Å²) >= 11 is 1.56. The van der Waals surface area contributed by atoms with Crippen LogP contribution in [0.15, 0.2) is 5.38 Å². The number of carbonyl (C=O) groups excluding carboxylic acids is 1. The average Bonchev–Trinajstić information content (AvgIpc) is 3.01. The first kappa shape index (κ1) is 17.4. The molecular formula is C14H23N3O3S2. The third-order valence-corrected chi connectivity index (χ3v) is 6.68. The van der Waals surface area contributed by atoms with E-state index in [4.69, 9.17) is 0 Å². The summed E-state index contributed by atoms with van der Waals surface area (Å²) < 4.78 is 23.0. The molecule has 8 heteroatoms. The highest BCUT2D eigenvalue weighted by Crippen LogP contribution is 2.17. The molecule has 1 atom stereocenters. The van der Waals surface area contributed by atoms with E-state index in [0.29, 0.717) is 25.9 Å². The third kappa shape index (κ3) is 4.76. The van der Waals surface area contributed by atoms with Gasteiger partial charge in [0.25, 0.3) is 0 Å². The van der Waals surface area contributed by atoms with Crippen LogP contribution < -0.4 is 0 Å². The Morgan fingerprint density at radius 3 is 2.73 bits per heavy atom. The minimum atomic E-state index is -2.88. The maximum atomic E-state index is 12.2. The number of rotatable bonds is 6. The zero-order valence-corrected chi connectivity index (χ0v) is 14.9. The molecule has 2 rings (SSSR count). The fourth-order valence-electron chi connectivity index (χ4n) is 2.53. The molecule has 1 fully saturated rings. The van der Waals surface area contributed by atoms with Gasteiger partial charge in [0, 0.05) is 37.1 Å². The molecule has 1 amide bonds. The van der Waals surface area contributed by atoms with Gasteiger partial charge in [-0.15, -0.1) is 11.3 Å². The topological polar surface area (TPSA) is 70.6 Å². The van der Waals surface area contributed by atoms with Crippen molar-refractivity contribution in [1.82, 2.24) is 14.8 Å². The number of nitrogens with zero attached hydrogens (tertiary/aromatic N) is 3. The van der Waals surface area contributed by atoms with Gasteiger partial charge in [0.1, 0.15) is 5.01 Å². The van der Waals surface area contributed by atoms with E-state index in [9.17, 15) is 13.2 Å². The summed E-state index contributed by atoms with van der Waals surface area (Å²) in [4.78, 5) is 20.2. The lowest BCUT2D eigenvalue weighted by molar-refractivity contribution is -0.130. The van der Waals surface area contributed by atoms with Crippen LogP contribution in [0.5, 0.6) is 0 Å². The lowest BCUT2D eigenvalue weighted by Crippen LogP contribution is -2.36. The number of aryl methyl sites for hydroxylation is 1. The summed E-state index contributed by atoms with van der Waals surface area (Å²) in [6.45, 7) is 3.05. The zero-order valence-electron chi connectivity index (χ0n) is 13.3. The minimum Gasteiger partial charge on any atom is -0.339 e. The highest BCUT2D eigenvalue weighted by molar-refractivity contribution is 7.91. The van der Waals surface area contributed by atoms with Gasteiger partial charge in [-0.3, -0.25) is 4.79 Å². The van der Waals surface area contributed by atoms with Crippen molar-refractivity contribution in [2.75, 3.05) is 32.1 Å². The maximum absolute atomic E-state index is 12.2. The van der Waals surface area contributed by atoms with Crippen molar-refractivity contribution in [2.24, 2.45) is 0 Å². The molecule has 0 saturated carbocycles. The maximum Gasteiger partial charge on any atom is 0.223 e. The molecule has 22 heavy (non-hydrogen) atoms. The summed E-state index contributed by atoms with van der Waals surface area (Å²) in [7, 11) is 0.791. The number of hydrogen-bond donors (Lipinski definition) is 0. The van der Waals surface area contributed by atoms with Gasteiger partial charge in [0.05, 0.1) is 18.1 Å². The summed E-state index contributed by atoms with van der Waals surface area (Å²) in [6.07, 6.45) is 1.06. The van der Waals surface area contributed by atoms with Crippen LogP contribution >= 0.6 is 11.3 Å². The number of thiazole rings is 1. The normalized spacial score (nSPS) is 20.5. The molecule has 1 aliphatic rings. The Bertz CT molecular complexity index is 627. The molecule has 0 aromatic carbocycles. The lowest BCUT2D eigenvalue weighted by atomic mass is 10.2. The molecule has 1 aromatic heterocycles. The second kappa shape index (κ2) is 7.06. The van der Waals surface area contributed by atoms with Crippen molar-refractivity contribution < 1.29 is 13.2 Å². The van der Waals surface area contributed by atoms with Crippen molar-refractivity contribution in [3.63, 3.8) is 0 Å². The van der Waals surface area contributed by atoms with Gasteiger partial charge in [-0.1, -0.05) is 0 Å². The van der Waals surface area contributed by atoms with Crippen molar-refractivity contribution in [3.8, 4) is 0 Å². The Labute approximate surface area is 136 Å². The molecule has 0 bridgehead atoms. The van der Waals surface area contributed by atoms with Gasteiger partial charge in [-0.05, 0) is 20.4 Å². The van der Waals surface area contributed by atoms with Gasteiger partial charge in [-0.2, -0.15) is 0 Å².